The van der Waals surface area contributed by atoms with Crippen molar-refractivity contribution in [3.63, 3.8) is 0 Å². The van der Waals surface area contributed by atoms with E-state index in [1.54, 1.807) is 6.07 Å². The predicted octanol–water partition coefficient (Wildman–Crippen LogP) is 0.891. The van der Waals surface area contributed by atoms with Gasteiger partial charge < -0.3 is 21.2 Å². The summed E-state index contributed by atoms with van der Waals surface area (Å²) in [5.41, 5.74) is 6.44. The van der Waals surface area contributed by atoms with Gasteiger partial charge >= 0.3 is 5.82 Å². The molecule has 1 fully saturated rings. The van der Waals surface area contributed by atoms with E-state index in [1.165, 1.54) is 12.3 Å². The van der Waals surface area contributed by atoms with E-state index in [4.69, 9.17) is 5.73 Å². The average molecular weight is 208 g/mol. The molecule has 0 unspecified atom stereocenters. The third-order valence-corrected chi connectivity index (χ3v) is 2.48. The second-order valence-electron chi connectivity index (χ2n) is 3.73. The number of nitrogens with zero attached hydrogens (tertiary/aromatic N) is 2. The smallest absolute Gasteiger partial charge is 0.363 e. The molecule has 1 heterocycles. The van der Waals surface area contributed by atoms with E-state index < -0.39 is 4.92 Å². The van der Waals surface area contributed by atoms with Gasteiger partial charge in [0.25, 0.3) is 0 Å². The van der Waals surface area contributed by atoms with Gasteiger partial charge in [-0.1, -0.05) is 0 Å². The summed E-state index contributed by atoms with van der Waals surface area (Å²) in [6, 6.07) is 3.72. The van der Waals surface area contributed by atoms with E-state index >= 15 is 0 Å². The molecule has 0 aliphatic heterocycles. The summed E-state index contributed by atoms with van der Waals surface area (Å²) < 4.78 is 0. The van der Waals surface area contributed by atoms with Gasteiger partial charge in [0.1, 0.15) is 0 Å². The van der Waals surface area contributed by atoms with Gasteiger partial charge in [-0.25, -0.2) is 0 Å². The first kappa shape index (κ1) is 9.85. The van der Waals surface area contributed by atoms with Crippen molar-refractivity contribution in [1.82, 2.24) is 4.98 Å². The van der Waals surface area contributed by atoms with E-state index in [-0.39, 0.29) is 11.9 Å². The van der Waals surface area contributed by atoms with Gasteiger partial charge in [0.05, 0.1) is 5.69 Å². The predicted molar refractivity (Wildman–Crippen MR) is 55.5 cm³/mol. The van der Waals surface area contributed by atoms with Gasteiger partial charge in [-0.2, -0.15) is 0 Å². The lowest BCUT2D eigenvalue weighted by Crippen LogP contribution is -2.44. The van der Waals surface area contributed by atoms with E-state index in [0.29, 0.717) is 6.04 Å². The molecule has 0 atom stereocenters. The number of pyridine rings is 1. The maximum absolute atomic E-state index is 10.4. The van der Waals surface area contributed by atoms with Crippen molar-refractivity contribution in [3.05, 3.63) is 28.4 Å². The molecule has 1 saturated carbocycles. The fourth-order valence-corrected chi connectivity index (χ4v) is 1.59. The summed E-state index contributed by atoms with van der Waals surface area (Å²) in [5.74, 6) is -0.133. The van der Waals surface area contributed by atoms with Gasteiger partial charge in [0.15, 0.2) is 6.20 Å². The molecule has 1 aliphatic rings. The zero-order valence-corrected chi connectivity index (χ0v) is 8.09. The molecular weight excluding hydrogens is 196 g/mol. The summed E-state index contributed by atoms with van der Waals surface area (Å²) in [5, 5.41) is 13.6. The van der Waals surface area contributed by atoms with E-state index in [9.17, 15) is 10.1 Å². The zero-order chi connectivity index (χ0) is 10.8. The van der Waals surface area contributed by atoms with Gasteiger partial charge in [0.2, 0.25) is 0 Å². The maximum Gasteiger partial charge on any atom is 0.363 e. The summed E-state index contributed by atoms with van der Waals surface area (Å²) in [7, 11) is 0. The lowest BCUT2D eigenvalue weighted by Gasteiger charge is -2.33. The molecule has 3 N–H and O–H groups in total. The summed E-state index contributed by atoms with van der Waals surface area (Å²) in [4.78, 5) is 13.6. The fraction of sp³-hybridized carbons (Fsp3) is 0.444. The SMILES string of the molecule is NC1CC(Nc2ccc([N+](=O)[O-])nc2)C1. The van der Waals surface area contributed by atoms with Crippen LogP contribution in [-0.4, -0.2) is 22.0 Å². The van der Waals surface area contributed by atoms with Gasteiger partial charge in [-0.05, 0) is 28.8 Å². The van der Waals surface area contributed by atoms with Crippen molar-refractivity contribution in [2.45, 2.75) is 24.9 Å². The third kappa shape index (κ3) is 2.21. The van der Waals surface area contributed by atoms with Crippen LogP contribution in [-0.2, 0) is 0 Å². The molecule has 1 aromatic rings. The molecule has 6 heteroatoms. The van der Waals surface area contributed by atoms with Crippen LogP contribution in [0.5, 0.6) is 0 Å². The summed E-state index contributed by atoms with van der Waals surface area (Å²) in [6.07, 6.45) is 3.36. The highest BCUT2D eigenvalue weighted by Gasteiger charge is 2.25. The maximum atomic E-state index is 10.4. The normalized spacial score (nSPS) is 24.3. The van der Waals surface area contributed by atoms with Crippen LogP contribution >= 0.6 is 0 Å². The van der Waals surface area contributed by atoms with Crippen LogP contribution in [0.4, 0.5) is 11.5 Å². The molecule has 1 aromatic heterocycles. The topological polar surface area (TPSA) is 94.1 Å². The molecule has 0 aromatic carbocycles. The Morgan fingerprint density at radius 2 is 2.27 bits per heavy atom. The van der Waals surface area contributed by atoms with Crippen LogP contribution in [0.15, 0.2) is 18.3 Å². The number of nitro groups is 1. The minimum Gasteiger partial charge on any atom is -0.379 e. The Hall–Kier alpha value is -1.69. The van der Waals surface area contributed by atoms with Crippen molar-refractivity contribution < 1.29 is 4.92 Å². The highest BCUT2D eigenvalue weighted by Crippen LogP contribution is 2.22. The Balaban J connectivity index is 1.95. The molecule has 0 saturated heterocycles. The van der Waals surface area contributed by atoms with Crippen molar-refractivity contribution in [1.29, 1.82) is 0 Å². The van der Waals surface area contributed by atoms with Gasteiger partial charge in [-0.15, -0.1) is 0 Å². The van der Waals surface area contributed by atoms with E-state index in [1.807, 2.05) is 0 Å². The Kier molecular flexibility index (Phi) is 2.51. The number of anilines is 1. The van der Waals surface area contributed by atoms with Crippen LogP contribution in [0, 0.1) is 10.1 Å². The molecule has 0 bridgehead atoms. The number of aromatic nitrogens is 1. The Morgan fingerprint density at radius 3 is 2.73 bits per heavy atom. The number of nitrogens with two attached hydrogens (primary N) is 1. The van der Waals surface area contributed by atoms with Crippen LogP contribution in [0.3, 0.4) is 0 Å². The monoisotopic (exact) mass is 208 g/mol. The molecule has 2 rings (SSSR count). The van der Waals surface area contributed by atoms with Crippen LogP contribution in [0.25, 0.3) is 0 Å². The fourth-order valence-electron chi connectivity index (χ4n) is 1.59. The summed E-state index contributed by atoms with van der Waals surface area (Å²) in [6.45, 7) is 0. The first-order valence-corrected chi connectivity index (χ1v) is 4.77. The lowest BCUT2D eigenvalue weighted by molar-refractivity contribution is -0.389. The van der Waals surface area contributed by atoms with Crippen LogP contribution in [0.1, 0.15) is 12.8 Å². The van der Waals surface area contributed by atoms with E-state index in [2.05, 4.69) is 10.3 Å². The second kappa shape index (κ2) is 3.82. The van der Waals surface area contributed by atoms with Crippen molar-refractivity contribution >= 4 is 11.5 Å². The minimum atomic E-state index is -0.511. The first-order chi connectivity index (χ1) is 7.15. The molecule has 0 spiro atoms. The van der Waals surface area contributed by atoms with Crippen LogP contribution in [0.2, 0.25) is 0 Å². The van der Waals surface area contributed by atoms with Gasteiger partial charge in [0, 0.05) is 18.2 Å². The highest BCUT2D eigenvalue weighted by atomic mass is 16.6. The first-order valence-electron chi connectivity index (χ1n) is 4.77. The van der Waals surface area contributed by atoms with Crippen molar-refractivity contribution in [2.75, 3.05) is 5.32 Å². The summed E-state index contributed by atoms with van der Waals surface area (Å²) >= 11 is 0. The molecular formula is C9H12N4O2. The Morgan fingerprint density at radius 1 is 1.53 bits per heavy atom. The van der Waals surface area contributed by atoms with Gasteiger partial charge in [-0.3, -0.25) is 0 Å². The quantitative estimate of drug-likeness (QED) is 0.568. The second-order valence-corrected chi connectivity index (χ2v) is 3.73. The highest BCUT2D eigenvalue weighted by molar-refractivity contribution is 5.44. The molecule has 0 amide bonds. The van der Waals surface area contributed by atoms with Crippen molar-refractivity contribution in [3.8, 4) is 0 Å². The Bertz CT molecular complexity index is 359. The molecule has 6 nitrogen and oxygen atoms in total. The number of nitrogens with one attached hydrogen (secondary N) is 1. The Labute approximate surface area is 86.6 Å². The molecule has 15 heavy (non-hydrogen) atoms. The zero-order valence-electron chi connectivity index (χ0n) is 8.09. The molecule has 0 radical (unpaired) electrons. The number of rotatable bonds is 3. The third-order valence-electron chi connectivity index (χ3n) is 2.48. The molecule has 80 valence electrons. The number of hydrogen-bond acceptors (Lipinski definition) is 5. The van der Waals surface area contributed by atoms with Crippen LogP contribution < -0.4 is 11.1 Å². The van der Waals surface area contributed by atoms with E-state index in [0.717, 1.165) is 18.5 Å². The number of hydrogen-bond donors (Lipinski definition) is 2. The standard InChI is InChI=1S/C9H12N4O2/c10-6-3-8(4-6)12-7-1-2-9(11-5-7)13(14)15/h1-2,5-6,8,12H,3-4,10H2. The largest absolute Gasteiger partial charge is 0.379 e. The lowest BCUT2D eigenvalue weighted by atomic mass is 9.87. The molecule has 1 aliphatic carbocycles. The average Bonchev–Trinajstić information content (AvgIpc) is 2.16. The minimum absolute atomic E-state index is 0.133. The van der Waals surface area contributed by atoms with Crippen molar-refractivity contribution in [2.24, 2.45) is 5.73 Å².